The first-order valence-electron chi connectivity index (χ1n) is 11.2. The topological polar surface area (TPSA) is 103 Å². The lowest BCUT2D eigenvalue weighted by Gasteiger charge is -2.31. The number of esters is 1. The van der Waals surface area contributed by atoms with E-state index in [4.69, 9.17) is 14.5 Å². The SMILES string of the molecule is CC[C@@]1(O)C(=O)OCc2c1cc1n(c2=O)Cc2c-1nc1cc(F)c(NC(C)C)c3c1c2C=CO3. The maximum atomic E-state index is 15.1. The average Bonchev–Trinajstić information content (AvgIpc) is 3.18. The van der Waals surface area contributed by atoms with Crippen molar-refractivity contribution in [1.29, 1.82) is 0 Å². The Morgan fingerprint density at radius 2 is 2.09 bits per heavy atom. The molecular weight excluding hydrogens is 441 g/mol. The Balaban J connectivity index is 1.64. The van der Waals surface area contributed by atoms with Crippen molar-refractivity contribution in [1.82, 2.24) is 9.55 Å². The Morgan fingerprint density at radius 1 is 1.29 bits per heavy atom. The minimum absolute atomic E-state index is 0.0139. The summed E-state index contributed by atoms with van der Waals surface area (Å²) in [6.07, 6.45) is 3.35. The molecule has 8 nitrogen and oxygen atoms in total. The van der Waals surface area contributed by atoms with Gasteiger partial charge in [0.1, 0.15) is 12.3 Å². The smallest absolute Gasteiger partial charge is 0.343 e. The fourth-order valence-corrected chi connectivity index (χ4v) is 5.11. The molecule has 0 spiro atoms. The van der Waals surface area contributed by atoms with Gasteiger partial charge in [-0.2, -0.15) is 0 Å². The minimum atomic E-state index is -1.90. The maximum Gasteiger partial charge on any atom is 0.343 e. The van der Waals surface area contributed by atoms with E-state index in [-0.39, 0.29) is 48.0 Å². The van der Waals surface area contributed by atoms with Crippen LogP contribution >= 0.6 is 0 Å². The van der Waals surface area contributed by atoms with Crippen LogP contribution in [0.15, 0.2) is 23.2 Å². The van der Waals surface area contributed by atoms with Gasteiger partial charge in [0, 0.05) is 23.2 Å². The molecule has 3 aliphatic heterocycles. The van der Waals surface area contributed by atoms with Crippen LogP contribution in [0.1, 0.15) is 49.4 Å². The average molecular weight is 463 g/mol. The molecule has 6 rings (SSSR count). The molecule has 0 bridgehead atoms. The number of anilines is 1. The lowest BCUT2D eigenvalue weighted by molar-refractivity contribution is -0.172. The minimum Gasteiger partial charge on any atom is -0.462 e. The largest absolute Gasteiger partial charge is 0.462 e. The van der Waals surface area contributed by atoms with Gasteiger partial charge in [0.25, 0.3) is 5.56 Å². The number of cyclic esters (lactones) is 1. The number of halogens is 1. The van der Waals surface area contributed by atoms with Crippen molar-refractivity contribution in [2.45, 2.75) is 52.0 Å². The molecule has 0 unspecified atom stereocenters. The number of carbonyl (C=O) groups is 1. The highest BCUT2D eigenvalue weighted by Gasteiger charge is 2.45. The molecule has 0 aliphatic carbocycles. The van der Waals surface area contributed by atoms with Crippen molar-refractivity contribution in [3.05, 3.63) is 56.8 Å². The Morgan fingerprint density at radius 3 is 2.82 bits per heavy atom. The molecule has 1 aromatic carbocycles. The van der Waals surface area contributed by atoms with Crippen LogP contribution in [0.25, 0.3) is 28.4 Å². The molecule has 3 aliphatic rings. The third-order valence-electron chi connectivity index (χ3n) is 6.78. The van der Waals surface area contributed by atoms with Gasteiger partial charge in [0.15, 0.2) is 17.2 Å². The summed E-state index contributed by atoms with van der Waals surface area (Å²) < 4.78 is 27.5. The highest BCUT2D eigenvalue weighted by atomic mass is 19.1. The highest BCUT2D eigenvalue weighted by Crippen LogP contribution is 2.46. The van der Waals surface area contributed by atoms with E-state index in [0.29, 0.717) is 28.0 Å². The van der Waals surface area contributed by atoms with Gasteiger partial charge in [-0.3, -0.25) is 4.79 Å². The summed E-state index contributed by atoms with van der Waals surface area (Å²) in [6.45, 7) is 5.54. The summed E-state index contributed by atoms with van der Waals surface area (Å²) in [4.78, 5) is 30.5. The first-order chi connectivity index (χ1) is 16.2. The molecule has 0 radical (unpaired) electrons. The number of nitrogens with zero attached hydrogens (tertiary/aromatic N) is 2. The van der Waals surface area contributed by atoms with E-state index >= 15 is 4.39 Å². The molecule has 0 fully saturated rings. The van der Waals surface area contributed by atoms with E-state index in [1.54, 1.807) is 23.6 Å². The summed E-state index contributed by atoms with van der Waals surface area (Å²) >= 11 is 0. The fourth-order valence-electron chi connectivity index (χ4n) is 5.11. The summed E-state index contributed by atoms with van der Waals surface area (Å²) in [6, 6.07) is 2.99. The van der Waals surface area contributed by atoms with Gasteiger partial charge in [-0.05, 0) is 38.0 Å². The van der Waals surface area contributed by atoms with Crippen LogP contribution in [0.5, 0.6) is 5.75 Å². The van der Waals surface area contributed by atoms with Crippen molar-refractivity contribution in [3.63, 3.8) is 0 Å². The fraction of sp³-hybridized carbons (Fsp3) is 0.320. The number of aliphatic hydroxyl groups is 1. The third kappa shape index (κ3) is 2.58. The molecule has 3 aromatic rings. The van der Waals surface area contributed by atoms with Crippen LogP contribution in [-0.4, -0.2) is 26.7 Å². The predicted molar refractivity (Wildman–Crippen MR) is 123 cm³/mol. The number of pyridine rings is 2. The molecule has 0 amide bonds. The van der Waals surface area contributed by atoms with E-state index in [2.05, 4.69) is 5.32 Å². The van der Waals surface area contributed by atoms with Gasteiger partial charge in [-0.1, -0.05) is 6.92 Å². The second-order valence-corrected chi connectivity index (χ2v) is 9.13. The lowest BCUT2D eigenvalue weighted by atomic mass is 9.86. The van der Waals surface area contributed by atoms with E-state index in [9.17, 15) is 14.7 Å². The second-order valence-electron chi connectivity index (χ2n) is 9.13. The van der Waals surface area contributed by atoms with Crippen molar-refractivity contribution >= 4 is 28.6 Å². The number of hydrogen-bond acceptors (Lipinski definition) is 7. The lowest BCUT2D eigenvalue weighted by Crippen LogP contribution is -2.44. The van der Waals surface area contributed by atoms with Crippen LogP contribution in [-0.2, 0) is 28.3 Å². The number of hydrogen-bond donors (Lipinski definition) is 2. The number of benzene rings is 1. The van der Waals surface area contributed by atoms with Gasteiger partial charge in [0.05, 0.1) is 40.7 Å². The van der Waals surface area contributed by atoms with Gasteiger partial charge < -0.3 is 24.5 Å². The molecule has 174 valence electrons. The standard InChI is InChI=1S/C25H22FN3O5/c1-4-25(32)15-7-18-20-13(9-29(18)23(30)14(15)10-34-24(25)31)12-5-6-33-22-19(12)17(28-20)8-16(26)21(22)27-11(2)3/h5-8,11,27,32H,4,9-10H2,1-3H3/t25-/m0/s1. The molecule has 34 heavy (non-hydrogen) atoms. The molecular formula is C25H22FN3O5. The number of carbonyl (C=O) groups excluding carboxylic acids is 1. The number of ether oxygens (including phenoxy) is 2. The van der Waals surface area contributed by atoms with Crippen molar-refractivity contribution in [2.75, 3.05) is 5.32 Å². The molecule has 9 heteroatoms. The molecule has 2 aromatic heterocycles. The van der Waals surface area contributed by atoms with Crippen LogP contribution in [0.2, 0.25) is 0 Å². The van der Waals surface area contributed by atoms with Crippen LogP contribution in [0.4, 0.5) is 10.1 Å². The molecule has 0 saturated carbocycles. The normalized spacial score (nSPS) is 19.5. The van der Waals surface area contributed by atoms with Crippen molar-refractivity contribution in [3.8, 4) is 17.1 Å². The Kier molecular flexibility index (Phi) is 4.23. The van der Waals surface area contributed by atoms with Crippen molar-refractivity contribution in [2.24, 2.45) is 0 Å². The first-order valence-corrected chi connectivity index (χ1v) is 11.2. The molecule has 0 saturated heterocycles. The number of fused-ring (bicyclic) bond motifs is 5. The summed E-state index contributed by atoms with van der Waals surface area (Å²) in [5.74, 6) is -0.907. The number of aromatic nitrogens is 2. The summed E-state index contributed by atoms with van der Waals surface area (Å²) in [7, 11) is 0. The molecule has 5 heterocycles. The van der Waals surface area contributed by atoms with Crippen LogP contribution in [0.3, 0.4) is 0 Å². The van der Waals surface area contributed by atoms with E-state index in [1.165, 1.54) is 12.3 Å². The van der Waals surface area contributed by atoms with Gasteiger partial charge in [0.2, 0.25) is 0 Å². The number of rotatable bonds is 3. The second kappa shape index (κ2) is 6.89. The quantitative estimate of drug-likeness (QED) is 0.449. The van der Waals surface area contributed by atoms with E-state index in [0.717, 1.165) is 11.1 Å². The predicted octanol–water partition coefficient (Wildman–Crippen LogP) is 3.40. The summed E-state index contributed by atoms with van der Waals surface area (Å²) in [5, 5.41) is 14.8. The van der Waals surface area contributed by atoms with Crippen molar-refractivity contribution < 1.29 is 23.8 Å². The van der Waals surface area contributed by atoms with Gasteiger partial charge in [-0.15, -0.1) is 0 Å². The Hall–Kier alpha value is -3.72. The zero-order valence-electron chi connectivity index (χ0n) is 18.9. The third-order valence-corrected chi connectivity index (χ3v) is 6.78. The maximum absolute atomic E-state index is 15.1. The first kappa shape index (κ1) is 20.9. The van der Waals surface area contributed by atoms with Gasteiger partial charge >= 0.3 is 5.97 Å². The highest BCUT2D eigenvalue weighted by molar-refractivity contribution is 6.02. The summed E-state index contributed by atoms with van der Waals surface area (Å²) in [5.41, 5.74) is 1.50. The van der Waals surface area contributed by atoms with E-state index in [1.807, 2.05) is 13.8 Å². The van der Waals surface area contributed by atoms with Gasteiger partial charge in [-0.25, -0.2) is 14.2 Å². The zero-order chi connectivity index (χ0) is 23.9. The Labute approximate surface area is 193 Å². The van der Waals surface area contributed by atoms with E-state index < -0.39 is 17.4 Å². The monoisotopic (exact) mass is 463 g/mol. The Bertz CT molecular complexity index is 1520. The zero-order valence-corrected chi connectivity index (χ0v) is 18.9. The number of nitrogens with one attached hydrogen (secondary N) is 1. The van der Waals surface area contributed by atoms with Crippen LogP contribution in [0, 0.1) is 5.82 Å². The van der Waals surface area contributed by atoms with Crippen LogP contribution < -0.4 is 15.6 Å². The molecule has 2 N–H and O–H groups in total. The molecule has 1 atom stereocenters.